The van der Waals surface area contributed by atoms with Crippen molar-refractivity contribution in [3.63, 3.8) is 0 Å². The number of hydrogen-bond donors (Lipinski definition) is 0. The molecule has 0 amide bonds. The molecule has 0 atom stereocenters. The number of benzene rings is 3. The van der Waals surface area contributed by atoms with Crippen molar-refractivity contribution in [2.24, 2.45) is 0 Å². The van der Waals surface area contributed by atoms with E-state index in [1.807, 2.05) is 0 Å². The van der Waals surface area contributed by atoms with E-state index in [1.54, 1.807) is 60.7 Å². The van der Waals surface area contributed by atoms with Gasteiger partial charge in [0.15, 0.2) is 0 Å². The van der Waals surface area contributed by atoms with Crippen LogP contribution in [-0.2, 0) is 9.84 Å². The first-order valence-corrected chi connectivity index (χ1v) is 9.87. The SMILES string of the molecule is COc1ccc2nc(-c3ccc(S(=O)(=O)c4ccccc4)cc3)oc(=O)c2c1. The zero-order valence-electron chi connectivity index (χ0n) is 14.8. The fourth-order valence-electron chi connectivity index (χ4n) is 2.81. The third-order valence-corrected chi connectivity index (χ3v) is 6.09. The number of aromatic nitrogens is 1. The highest BCUT2D eigenvalue weighted by molar-refractivity contribution is 7.91. The highest BCUT2D eigenvalue weighted by Gasteiger charge is 2.18. The second-order valence-electron chi connectivity index (χ2n) is 6.03. The van der Waals surface area contributed by atoms with Crippen LogP contribution in [0, 0.1) is 0 Å². The van der Waals surface area contributed by atoms with Crippen LogP contribution in [0.25, 0.3) is 22.4 Å². The van der Waals surface area contributed by atoms with Gasteiger partial charge in [0, 0.05) is 5.56 Å². The standard InChI is InChI=1S/C21H15NO5S/c1-26-15-9-12-19-18(13-15)21(23)27-20(22-19)14-7-10-17(11-8-14)28(24,25)16-5-3-2-4-6-16/h2-13H,1H3. The van der Waals surface area contributed by atoms with E-state index in [0.29, 0.717) is 22.2 Å². The topological polar surface area (TPSA) is 86.5 Å². The van der Waals surface area contributed by atoms with Crippen LogP contribution in [-0.4, -0.2) is 20.5 Å². The van der Waals surface area contributed by atoms with Gasteiger partial charge in [-0.15, -0.1) is 0 Å². The Morgan fingerprint density at radius 3 is 2.25 bits per heavy atom. The minimum Gasteiger partial charge on any atom is -0.497 e. The summed E-state index contributed by atoms with van der Waals surface area (Å²) < 4.78 is 35.8. The predicted octanol–water partition coefficient (Wildman–Crippen LogP) is 3.70. The molecule has 0 N–H and O–H groups in total. The zero-order chi connectivity index (χ0) is 19.7. The molecule has 0 radical (unpaired) electrons. The van der Waals surface area contributed by atoms with Gasteiger partial charge < -0.3 is 9.15 Å². The summed E-state index contributed by atoms with van der Waals surface area (Å²) in [4.78, 5) is 17.0. The molecule has 4 aromatic rings. The highest BCUT2D eigenvalue weighted by Crippen LogP contribution is 2.25. The molecule has 1 heterocycles. The molecule has 7 heteroatoms. The molecule has 6 nitrogen and oxygen atoms in total. The molecule has 0 aliphatic rings. The second-order valence-corrected chi connectivity index (χ2v) is 7.98. The summed E-state index contributed by atoms with van der Waals surface area (Å²) in [7, 11) is -2.11. The Kier molecular flexibility index (Phi) is 4.44. The van der Waals surface area contributed by atoms with Gasteiger partial charge in [0.05, 0.1) is 27.8 Å². The summed E-state index contributed by atoms with van der Waals surface area (Å²) >= 11 is 0. The number of methoxy groups -OCH3 is 1. The van der Waals surface area contributed by atoms with E-state index in [9.17, 15) is 13.2 Å². The van der Waals surface area contributed by atoms with Gasteiger partial charge in [-0.05, 0) is 54.6 Å². The van der Waals surface area contributed by atoms with Gasteiger partial charge in [0.25, 0.3) is 0 Å². The van der Waals surface area contributed by atoms with Gasteiger partial charge in [-0.25, -0.2) is 18.2 Å². The minimum absolute atomic E-state index is 0.117. The van der Waals surface area contributed by atoms with Crippen molar-refractivity contribution in [1.82, 2.24) is 4.98 Å². The smallest absolute Gasteiger partial charge is 0.347 e. The van der Waals surface area contributed by atoms with Gasteiger partial charge in [-0.1, -0.05) is 18.2 Å². The van der Waals surface area contributed by atoms with Crippen LogP contribution in [0.4, 0.5) is 0 Å². The summed E-state index contributed by atoms with van der Waals surface area (Å²) in [5, 5.41) is 0.311. The van der Waals surface area contributed by atoms with Crippen LogP contribution in [0.5, 0.6) is 5.75 Å². The monoisotopic (exact) mass is 393 g/mol. The molecule has 1 aromatic heterocycles. The second kappa shape index (κ2) is 6.94. The Labute approximate surface area is 161 Å². The van der Waals surface area contributed by atoms with Gasteiger partial charge >= 0.3 is 5.63 Å². The number of nitrogens with zero attached hydrogens (tertiary/aromatic N) is 1. The maximum Gasteiger partial charge on any atom is 0.347 e. The van der Waals surface area contributed by atoms with Crippen LogP contribution in [0.1, 0.15) is 0 Å². The van der Waals surface area contributed by atoms with E-state index in [2.05, 4.69) is 4.98 Å². The Morgan fingerprint density at radius 2 is 1.57 bits per heavy atom. The summed E-state index contributed by atoms with van der Waals surface area (Å²) in [6, 6.07) is 19.2. The van der Waals surface area contributed by atoms with Crippen LogP contribution < -0.4 is 10.4 Å². The van der Waals surface area contributed by atoms with Crippen molar-refractivity contribution in [3.8, 4) is 17.2 Å². The van der Waals surface area contributed by atoms with E-state index in [-0.39, 0.29) is 15.7 Å². The van der Waals surface area contributed by atoms with Crippen molar-refractivity contribution in [2.75, 3.05) is 7.11 Å². The number of rotatable bonds is 4. The van der Waals surface area contributed by atoms with Crippen molar-refractivity contribution < 1.29 is 17.6 Å². The minimum atomic E-state index is -3.62. The Morgan fingerprint density at radius 1 is 0.893 bits per heavy atom. The lowest BCUT2D eigenvalue weighted by Crippen LogP contribution is -2.04. The summed E-state index contributed by atoms with van der Waals surface area (Å²) in [5.41, 5.74) is 0.426. The van der Waals surface area contributed by atoms with Crippen molar-refractivity contribution in [1.29, 1.82) is 0 Å². The number of fused-ring (bicyclic) bond motifs is 1. The Bertz CT molecular complexity index is 1310. The maximum atomic E-state index is 12.7. The molecule has 0 fully saturated rings. The fraction of sp³-hybridized carbons (Fsp3) is 0.0476. The third-order valence-electron chi connectivity index (χ3n) is 4.30. The van der Waals surface area contributed by atoms with Crippen LogP contribution >= 0.6 is 0 Å². The first kappa shape index (κ1) is 17.9. The van der Waals surface area contributed by atoms with Crippen molar-refractivity contribution >= 4 is 20.7 Å². The van der Waals surface area contributed by atoms with Gasteiger partial charge in [-0.3, -0.25) is 0 Å². The molecule has 4 rings (SSSR count). The van der Waals surface area contributed by atoms with E-state index in [1.165, 1.54) is 19.2 Å². The van der Waals surface area contributed by atoms with Crippen molar-refractivity contribution in [3.05, 3.63) is 83.2 Å². The molecule has 28 heavy (non-hydrogen) atoms. The van der Waals surface area contributed by atoms with Crippen molar-refractivity contribution in [2.45, 2.75) is 9.79 Å². The van der Waals surface area contributed by atoms with Gasteiger partial charge in [0.1, 0.15) is 5.75 Å². The molecular formula is C21H15NO5S. The van der Waals surface area contributed by atoms with E-state index < -0.39 is 15.5 Å². The predicted molar refractivity (Wildman–Crippen MR) is 104 cm³/mol. The average molecular weight is 393 g/mol. The zero-order valence-corrected chi connectivity index (χ0v) is 15.6. The van der Waals surface area contributed by atoms with Gasteiger partial charge in [0.2, 0.25) is 15.7 Å². The average Bonchev–Trinajstić information content (AvgIpc) is 2.74. The lowest BCUT2D eigenvalue weighted by atomic mass is 10.2. The van der Waals surface area contributed by atoms with Gasteiger partial charge in [-0.2, -0.15) is 0 Å². The fourth-order valence-corrected chi connectivity index (χ4v) is 4.10. The van der Waals surface area contributed by atoms with E-state index >= 15 is 0 Å². The lowest BCUT2D eigenvalue weighted by molar-refractivity contribution is 0.415. The van der Waals surface area contributed by atoms with E-state index in [0.717, 1.165) is 0 Å². The normalized spacial score (nSPS) is 11.5. The van der Waals surface area contributed by atoms with Crippen LogP contribution in [0.15, 0.2) is 91.8 Å². The first-order valence-electron chi connectivity index (χ1n) is 8.38. The summed E-state index contributed by atoms with van der Waals surface area (Å²) in [6.45, 7) is 0. The molecule has 140 valence electrons. The molecule has 0 aliphatic heterocycles. The van der Waals surface area contributed by atoms with Crippen LogP contribution in [0.2, 0.25) is 0 Å². The Balaban J connectivity index is 1.74. The number of sulfone groups is 1. The quantitative estimate of drug-likeness (QED) is 0.525. The molecular weight excluding hydrogens is 378 g/mol. The molecule has 0 saturated carbocycles. The molecule has 0 bridgehead atoms. The third kappa shape index (κ3) is 3.16. The lowest BCUT2D eigenvalue weighted by Gasteiger charge is -2.06. The summed E-state index contributed by atoms with van der Waals surface area (Å²) in [5.74, 6) is 0.649. The largest absolute Gasteiger partial charge is 0.497 e. The Hall–Kier alpha value is -3.45. The highest BCUT2D eigenvalue weighted by atomic mass is 32.2. The molecule has 0 unspecified atom stereocenters. The first-order chi connectivity index (χ1) is 13.5. The summed E-state index contributed by atoms with van der Waals surface area (Å²) in [6.07, 6.45) is 0. The number of ether oxygens (including phenoxy) is 1. The van der Waals surface area contributed by atoms with E-state index in [4.69, 9.17) is 9.15 Å². The maximum absolute atomic E-state index is 12.7. The number of hydrogen-bond acceptors (Lipinski definition) is 6. The molecule has 0 spiro atoms. The molecule has 0 aliphatic carbocycles. The van der Waals surface area contributed by atoms with Crippen LogP contribution in [0.3, 0.4) is 0 Å². The molecule has 3 aromatic carbocycles. The molecule has 0 saturated heterocycles.